The third-order valence-electron chi connectivity index (χ3n) is 2.11. The molecule has 0 spiro atoms. The molecule has 0 aliphatic heterocycles. The molecule has 0 unspecified atom stereocenters. The molecule has 0 fully saturated rings. The van der Waals surface area contributed by atoms with E-state index >= 15 is 0 Å². The van der Waals surface area contributed by atoms with E-state index in [1.54, 1.807) is 0 Å². The van der Waals surface area contributed by atoms with Crippen molar-refractivity contribution in [1.29, 1.82) is 0 Å². The van der Waals surface area contributed by atoms with Crippen molar-refractivity contribution in [3.8, 4) is 0 Å². The molecule has 2 aromatic rings. The quantitative estimate of drug-likeness (QED) is 0.661. The summed E-state index contributed by atoms with van der Waals surface area (Å²) in [7, 11) is 0. The maximum absolute atomic E-state index is 13.3. The predicted molar refractivity (Wildman–Crippen MR) is 58.8 cm³/mol. The molecule has 7 heteroatoms. The molecule has 1 aromatic heterocycles. The normalized spacial score (nSPS) is 10.5. The second kappa shape index (κ2) is 4.81. The third-order valence-corrected chi connectivity index (χ3v) is 2.36. The van der Waals surface area contributed by atoms with Crippen LogP contribution < -0.4 is 5.32 Å². The Hall–Kier alpha value is -1.82. The Morgan fingerprint density at radius 2 is 1.39 bits per heavy atom. The Labute approximate surface area is 104 Å². The first-order valence-electron chi connectivity index (χ1n) is 4.71. The molecular weight excluding hydrogens is 272 g/mol. The first-order valence-corrected chi connectivity index (χ1v) is 5.09. The summed E-state index contributed by atoms with van der Waals surface area (Å²) in [5, 5.41) is 2.63. The lowest BCUT2D eigenvalue weighted by Gasteiger charge is -2.09. The second-order valence-electron chi connectivity index (χ2n) is 3.33. The highest BCUT2D eigenvalue weighted by molar-refractivity contribution is 6.30. The number of nitrogens with one attached hydrogen (secondary N) is 1. The Morgan fingerprint density at radius 3 is 1.89 bits per heavy atom. The van der Waals surface area contributed by atoms with Crippen LogP contribution in [0.5, 0.6) is 0 Å². The van der Waals surface area contributed by atoms with Gasteiger partial charge in [0.15, 0.2) is 0 Å². The van der Waals surface area contributed by atoms with Gasteiger partial charge in [-0.05, 0) is 24.3 Å². The van der Waals surface area contributed by atoms with Crippen LogP contribution in [-0.2, 0) is 0 Å². The van der Waals surface area contributed by atoms with Crippen molar-refractivity contribution < 1.29 is 17.6 Å². The standard InChI is InChI=1S/C11H5ClF4N2/c12-5-1-3-6(4-2-5)17-9-7(13)10(15)18-11(16)8(9)14/h1-4H,(H,17,18). The summed E-state index contributed by atoms with van der Waals surface area (Å²) >= 11 is 5.62. The number of halogens is 5. The molecule has 1 aromatic carbocycles. The summed E-state index contributed by atoms with van der Waals surface area (Å²) in [6.07, 6.45) is 0. The van der Waals surface area contributed by atoms with Gasteiger partial charge in [0.05, 0.1) is 0 Å². The number of hydrogen-bond acceptors (Lipinski definition) is 2. The number of rotatable bonds is 2. The molecule has 94 valence electrons. The lowest BCUT2D eigenvalue weighted by atomic mass is 10.3. The van der Waals surface area contributed by atoms with Gasteiger partial charge in [-0.15, -0.1) is 0 Å². The van der Waals surface area contributed by atoms with Crippen LogP contribution in [0.25, 0.3) is 0 Å². The smallest absolute Gasteiger partial charge is 0.253 e. The van der Waals surface area contributed by atoms with Crippen LogP contribution in [0.1, 0.15) is 0 Å². The number of benzene rings is 1. The number of pyridine rings is 1. The summed E-state index contributed by atoms with van der Waals surface area (Å²) in [5.74, 6) is -6.62. The zero-order valence-corrected chi connectivity index (χ0v) is 9.40. The van der Waals surface area contributed by atoms with Gasteiger partial charge in [-0.3, -0.25) is 0 Å². The molecule has 0 saturated heterocycles. The van der Waals surface area contributed by atoms with Crippen molar-refractivity contribution in [2.45, 2.75) is 0 Å². The fraction of sp³-hybridized carbons (Fsp3) is 0. The van der Waals surface area contributed by atoms with Gasteiger partial charge < -0.3 is 5.32 Å². The average Bonchev–Trinajstić information content (AvgIpc) is 2.34. The minimum Gasteiger partial charge on any atom is -0.350 e. The van der Waals surface area contributed by atoms with Gasteiger partial charge in [0, 0.05) is 10.7 Å². The Morgan fingerprint density at radius 1 is 0.889 bits per heavy atom. The fourth-order valence-corrected chi connectivity index (χ4v) is 1.40. The van der Waals surface area contributed by atoms with E-state index in [0.29, 0.717) is 5.02 Å². The topological polar surface area (TPSA) is 24.9 Å². The predicted octanol–water partition coefficient (Wildman–Crippen LogP) is 4.04. The van der Waals surface area contributed by atoms with Gasteiger partial charge in [-0.25, -0.2) is 0 Å². The van der Waals surface area contributed by atoms with Gasteiger partial charge in [-0.2, -0.15) is 22.5 Å². The Bertz CT molecular complexity index is 560. The van der Waals surface area contributed by atoms with E-state index in [1.807, 2.05) is 0 Å². The van der Waals surface area contributed by atoms with E-state index in [9.17, 15) is 17.6 Å². The Balaban J connectivity index is 2.42. The van der Waals surface area contributed by atoms with Crippen molar-refractivity contribution in [3.63, 3.8) is 0 Å². The number of hydrogen-bond donors (Lipinski definition) is 1. The highest BCUT2D eigenvalue weighted by Crippen LogP contribution is 2.26. The van der Waals surface area contributed by atoms with Crippen molar-refractivity contribution in [2.24, 2.45) is 0 Å². The van der Waals surface area contributed by atoms with E-state index in [2.05, 4.69) is 10.3 Å². The van der Waals surface area contributed by atoms with Gasteiger partial charge >= 0.3 is 0 Å². The van der Waals surface area contributed by atoms with E-state index < -0.39 is 29.2 Å². The number of aromatic nitrogens is 1. The summed E-state index contributed by atoms with van der Waals surface area (Å²) < 4.78 is 52.2. The molecule has 1 N–H and O–H groups in total. The lowest BCUT2D eigenvalue weighted by molar-refractivity contribution is 0.411. The summed E-state index contributed by atoms with van der Waals surface area (Å²) in [5.41, 5.74) is -0.718. The van der Waals surface area contributed by atoms with Crippen molar-refractivity contribution in [2.75, 3.05) is 5.32 Å². The maximum atomic E-state index is 13.3. The van der Waals surface area contributed by atoms with Crippen molar-refractivity contribution in [3.05, 3.63) is 52.8 Å². The van der Waals surface area contributed by atoms with Gasteiger partial charge in [0.1, 0.15) is 5.69 Å². The number of anilines is 2. The zero-order chi connectivity index (χ0) is 13.3. The minimum absolute atomic E-state index is 0.224. The summed E-state index contributed by atoms with van der Waals surface area (Å²) in [4.78, 5) is 2.44. The molecule has 1 heterocycles. The second-order valence-corrected chi connectivity index (χ2v) is 3.76. The van der Waals surface area contributed by atoms with Crippen LogP contribution in [0.3, 0.4) is 0 Å². The SMILES string of the molecule is Fc1nc(F)c(F)c(Nc2ccc(Cl)cc2)c1F. The van der Waals surface area contributed by atoms with Crippen LogP contribution in [0.15, 0.2) is 24.3 Å². The van der Waals surface area contributed by atoms with Gasteiger partial charge in [-0.1, -0.05) is 11.6 Å². The van der Waals surface area contributed by atoms with Crippen molar-refractivity contribution in [1.82, 2.24) is 4.98 Å². The molecule has 2 nitrogen and oxygen atoms in total. The van der Waals surface area contributed by atoms with Crippen LogP contribution in [-0.4, -0.2) is 4.98 Å². The van der Waals surface area contributed by atoms with Gasteiger partial charge in [0.25, 0.3) is 11.9 Å². The van der Waals surface area contributed by atoms with E-state index in [0.717, 1.165) is 0 Å². The lowest BCUT2D eigenvalue weighted by Crippen LogP contribution is -2.05. The van der Waals surface area contributed by atoms with Gasteiger partial charge in [0.2, 0.25) is 11.6 Å². The van der Waals surface area contributed by atoms with E-state index in [4.69, 9.17) is 11.6 Å². The van der Waals surface area contributed by atoms with Crippen molar-refractivity contribution >= 4 is 23.0 Å². The Kier molecular flexibility index (Phi) is 3.38. The molecule has 0 amide bonds. The highest BCUT2D eigenvalue weighted by Gasteiger charge is 2.20. The molecular formula is C11H5ClF4N2. The number of nitrogens with zero attached hydrogens (tertiary/aromatic N) is 1. The monoisotopic (exact) mass is 276 g/mol. The van der Waals surface area contributed by atoms with Crippen LogP contribution >= 0.6 is 11.6 Å². The molecule has 0 radical (unpaired) electrons. The average molecular weight is 277 g/mol. The summed E-state index contributed by atoms with van der Waals surface area (Å²) in [6, 6.07) is 5.70. The van der Waals surface area contributed by atoms with Crippen LogP contribution in [0, 0.1) is 23.5 Å². The molecule has 18 heavy (non-hydrogen) atoms. The molecule has 0 atom stereocenters. The molecule has 0 aliphatic rings. The molecule has 2 rings (SSSR count). The van der Waals surface area contributed by atoms with Crippen LogP contribution in [0.2, 0.25) is 5.02 Å². The zero-order valence-electron chi connectivity index (χ0n) is 8.65. The van der Waals surface area contributed by atoms with E-state index in [-0.39, 0.29) is 5.69 Å². The third kappa shape index (κ3) is 2.38. The first kappa shape index (κ1) is 12.6. The molecule has 0 saturated carbocycles. The maximum Gasteiger partial charge on any atom is 0.253 e. The first-order chi connectivity index (χ1) is 8.49. The summed E-state index contributed by atoms with van der Waals surface area (Å²) in [6.45, 7) is 0. The molecule has 0 bridgehead atoms. The molecule has 0 aliphatic carbocycles. The fourth-order valence-electron chi connectivity index (χ4n) is 1.27. The minimum atomic E-state index is -1.72. The van der Waals surface area contributed by atoms with E-state index in [1.165, 1.54) is 24.3 Å². The largest absolute Gasteiger partial charge is 0.350 e. The highest BCUT2D eigenvalue weighted by atomic mass is 35.5. The van der Waals surface area contributed by atoms with Crippen LogP contribution in [0.4, 0.5) is 28.9 Å².